The van der Waals surface area contributed by atoms with Crippen LogP contribution in [0.4, 0.5) is 15.8 Å². The second kappa shape index (κ2) is 7.78. The van der Waals surface area contributed by atoms with Crippen LogP contribution in [0.5, 0.6) is 0 Å². The number of amides is 2. The Morgan fingerprint density at radius 1 is 0.750 bits per heavy atom. The Balaban J connectivity index is 1.65. The molecule has 4 nitrogen and oxygen atoms in total. The number of imide groups is 1. The standard InChI is InChI=1S/C27H19FN2O2/c1-17-9-15-21(16-10-17)30-26(31)24(19-11-13-20(28)14-12-19)25(27(30)32)29-23-8-4-6-18-5-2-3-7-22(18)23/h2-16,29H,1H3. The van der Waals surface area contributed by atoms with E-state index in [-0.39, 0.29) is 11.3 Å². The molecular weight excluding hydrogens is 403 g/mol. The Morgan fingerprint density at radius 3 is 2.19 bits per heavy atom. The lowest BCUT2D eigenvalue weighted by molar-refractivity contribution is -0.120. The number of hydrogen-bond donors (Lipinski definition) is 1. The first kappa shape index (κ1) is 19.7. The molecule has 156 valence electrons. The normalized spacial score (nSPS) is 13.9. The second-order valence-corrected chi connectivity index (χ2v) is 7.69. The van der Waals surface area contributed by atoms with Gasteiger partial charge in [0.15, 0.2) is 0 Å². The molecule has 0 aromatic heterocycles. The minimum Gasteiger partial charge on any atom is -0.350 e. The van der Waals surface area contributed by atoms with E-state index in [1.54, 1.807) is 12.1 Å². The molecule has 0 unspecified atom stereocenters. The van der Waals surface area contributed by atoms with E-state index in [0.717, 1.165) is 21.2 Å². The van der Waals surface area contributed by atoms with E-state index in [9.17, 15) is 14.0 Å². The lowest BCUT2D eigenvalue weighted by Gasteiger charge is -2.16. The number of nitrogens with zero attached hydrogens (tertiary/aromatic N) is 1. The van der Waals surface area contributed by atoms with Crippen molar-refractivity contribution in [2.24, 2.45) is 0 Å². The SMILES string of the molecule is Cc1ccc(N2C(=O)C(Nc3cccc4ccccc34)=C(c3ccc(F)cc3)C2=O)cc1. The molecule has 4 aromatic rings. The van der Waals surface area contributed by atoms with Crippen LogP contribution in [0.25, 0.3) is 16.3 Å². The van der Waals surface area contributed by atoms with Crippen LogP contribution < -0.4 is 10.2 Å². The van der Waals surface area contributed by atoms with Crippen LogP contribution in [-0.2, 0) is 9.59 Å². The predicted octanol–water partition coefficient (Wildman–Crippen LogP) is 5.68. The largest absolute Gasteiger partial charge is 0.350 e. The van der Waals surface area contributed by atoms with Crippen molar-refractivity contribution in [1.82, 2.24) is 0 Å². The molecule has 5 rings (SSSR count). The Morgan fingerprint density at radius 2 is 1.44 bits per heavy atom. The highest BCUT2D eigenvalue weighted by atomic mass is 19.1. The first-order chi connectivity index (χ1) is 15.5. The molecule has 5 heteroatoms. The van der Waals surface area contributed by atoms with Gasteiger partial charge in [0.05, 0.1) is 11.3 Å². The van der Waals surface area contributed by atoms with Gasteiger partial charge in [-0.1, -0.05) is 66.2 Å². The number of rotatable bonds is 4. The van der Waals surface area contributed by atoms with Gasteiger partial charge in [-0.2, -0.15) is 0 Å². The summed E-state index contributed by atoms with van der Waals surface area (Å²) < 4.78 is 13.6. The Bertz CT molecular complexity index is 1380. The summed E-state index contributed by atoms with van der Waals surface area (Å²) in [5, 5.41) is 5.15. The number of carbonyl (C=O) groups is 2. The lowest BCUT2D eigenvalue weighted by atomic mass is 10.0. The molecule has 0 saturated carbocycles. The first-order valence-electron chi connectivity index (χ1n) is 10.2. The molecule has 0 aliphatic carbocycles. The highest BCUT2D eigenvalue weighted by Gasteiger charge is 2.40. The van der Waals surface area contributed by atoms with E-state index < -0.39 is 17.6 Å². The molecule has 32 heavy (non-hydrogen) atoms. The fourth-order valence-corrected chi connectivity index (χ4v) is 3.93. The number of anilines is 2. The summed E-state index contributed by atoms with van der Waals surface area (Å²) in [5.41, 5.74) is 3.07. The number of halogens is 1. The van der Waals surface area contributed by atoms with Gasteiger partial charge >= 0.3 is 0 Å². The third kappa shape index (κ3) is 3.34. The van der Waals surface area contributed by atoms with Gasteiger partial charge < -0.3 is 5.32 Å². The molecular formula is C27H19FN2O2. The van der Waals surface area contributed by atoms with Crippen LogP contribution in [0.15, 0.2) is 96.7 Å². The molecule has 0 spiro atoms. The summed E-state index contributed by atoms with van der Waals surface area (Å²) in [5.74, 6) is -1.32. The second-order valence-electron chi connectivity index (χ2n) is 7.69. The molecule has 4 aromatic carbocycles. The van der Waals surface area contributed by atoms with E-state index in [0.29, 0.717) is 16.9 Å². The van der Waals surface area contributed by atoms with Crippen LogP contribution in [0.1, 0.15) is 11.1 Å². The fraction of sp³-hybridized carbons (Fsp3) is 0.0370. The monoisotopic (exact) mass is 422 g/mol. The lowest BCUT2D eigenvalue weighted by Crippen LogP contribution is -2.32. The summed E-state index contributed by atoms with van der Waals surface area (Å²) in [7, 11) is 0. The maximum atomic E-state index is 13.6. The molecule has 0 atom stereocenters. The predicted molar refractivity (Wildman–Crippen MR) is 125 cm³/mol. The van der Waals surface area contributed by atoms with Gasteiger partial charge in [0, 0.05) is 11.1 Å². The van der Waals surface area contributed by atoms with Crippen LogP contribution in [0, 0.1) is 12.7 Å². The Kier molecular flexibility index (Phi) is 4.79. The number of hydrogen-bond acceptors (Lipinski definition) is 3. The zero-order valence-corrected chi connectivity index (χ0v) is 17.3. The third-order valence-electron chi connectivity index (χ3n) is 5.56. The van der Waals surface area contributed by atoms with E-state index in [1.807, 2.05) is 61.5 Å². The smallest absolute Gasteiger partial charge is 0.282 e. The molecule has 2 amide bonds. The van der Waals surface area contributed by atoms with Crippen LogP contribution in [0.2, 0.25) is 0 Å². The molecule has 0 saturated heterocycles. The molecule has 0 radical (unpaired) electrons. The quantitative estimate of drug-likeness (QED) is 0.430. The van der Waals surface area contributed by atoms with Crippen molar-refractivity contribution in [1.29, 1.82) is 0 Å². The van der Waals surface area contributed by atoms with Crippen molar-refractivity contribution in [2.75, 3.05) is 10.2 Å². The van der Waals surface area contributed by atoms with Gasteiger partial charge in [-0.05, 0) is 48.2 Å². The van der Waals surface area contributed by atoms with Crippen LogP contribution in [0.3, 0.4) is 0 Å². The minimum absolute atomic E-state index is 0.165. The maximum Gasteiger partial charge on any atom is 0.282 e. The third-order valence-corrected chi connectivity index (χ3v) is 5.56. The van der Waals surface area contributed by atoms with Gasteiger partial charge in [0.2, 0.25) is 0 Å². The Labute approximate surface area is 184 Å². The van der Waals surface area contributed by atoms with E-state index in [4.69, 9.17) is 0 Å². The number of nitrogens with one attached hydrogen (secondary N) is 1. The van der Waals surface area contributed by atoms with Crippen molar-refractivity contribution in [3.05, 3.63) is 114 Å². The molecule has 1 heterocycles. The molecule has 1 aliphatic rings. The van der Waals surface area contributed by atoms with Crippen LogP contribution in [-0.4, -0.2) is 11.8 Å². The van der Waals surface area contributed by atoms with Gasteiger partial charge in [-0.15, -0.1) is 0 Å². The van der Waals surface area contributed by atoms with E-state index in [1.165, 1.54) is 24.3 Å². The van der Waals surface area contributed by atoms with Crippen molar-refractivity contribution in [2.45, 2.75) is 6.92 Å². The summed E-state index contributed by atoms with van der Waals surface area (Å²) in [6.45, 7) is 1.94. The van der Waals surface area contributed by atoms with Gasteiger partial charge in [-0.25, -0.2) is 9.29 Å². The molecule has 1 aliphatic heterocycles. The van der Waals surface area contributed by atoms with Gasteiger partial charge in [0.1, 0.15) is 11.5 Å². The highest BCUT2D eigenvalue weighted by Crippen LogP contribution is 2.35. The summed E-state index contributed by atoms with van der Waals surface area (Å²) in [6, 6.07) is 26.3. The van der Waals surface area contributed by atoms with E-state index >= 15 is 0 Å². The number of fused-ring (bicyclic) bond motifs is 1. The zero-order valence-electron chi connectivity index (χ0n) is 17.3. The van der Waals surface area contributed by atoms with Gasteiger partial charge in [-0.3, -0.25) is 9.59 Å². The maximum absolute atomic E-state index is 13.6. The van der Waals surface area contributed by atoms with Gasteiger partial charge in [0.25, 0.3) is 11.8 Å². The molecule has 0 fully saturated rings. The average Bonchev–Trinajstić information content (AvgIpc) is 3.05. The summed E-state index contributed by atoms with van der Waals surface area (Å²) in [6.07, 6.45) is 0. The molecule has 1 N–H and O–H groups in total. The topological polar surface area (TPSA) is 49.4 Å². The molecule has 0 bridgehead atoms. The van der Waals surface area contributed by atoms with E-state index in [2.05, 4.69) is 5.32 Å². The summed E-state index contributed by atoms with van der Waals surface area (Å²) >= 11 is 0. The van der Waals surface area contributed by atoms with Crippen molar-refractivity contribution < 1.29 is 14.0 Å². The summed E-state index contributed by atoms with van der Waals surface area (Å²) in [4.78, 5) is 28.1. The Hall–Kier alpha value is -4.25. The highest BCUT2D eigenvalue weighted by molar-refractivity contribution is 6.46. The minimum atomic E-state index is -0.453. The number of benzene rings is 4. The van der Waals surface area contributed by atoms with Crippen molar-refractivity contribution in [3.8, 4) is 0 Å². The average molecular weight is 422 g/mol. The van der Waals surface area contributed by atoms with Crippen molar-refractivity contribution in [3.63, 3.8) is 0 Å². The van der Waals surface area contributed by atoms with Crippen LogP contribution >= 0.6 is 0 Å². The number of carbonyl (C=O) groups excluding carboxylic acids is 2. The fourth-order valence-electron chi connectivity index (χ4n) is 3.93. The first-order valence-corrected chi connectivity index (χ1v) is 10.2. The van der Waals surface area contributed by atoms with Crippen molar-refractivity contribution >= 4 is 39.5 Å². The zero-order chi connectivity index (χ0) is 22.2. The number of aryl methyl sites for hydroxylation is 1.